The highest BCUT2D eigenvalue weighted by atomic mass is 127. The molecule has 0 amide bonds. The predicted octanol–water partition coefficient (Wildman–Crippen LogP) is 2.52. The van der Waals surface area contributed by atoms with Crippen molar-refractivity contribution in [3.63, 3.8) is 0 Å². The SMILES string of the molecule is CN=C(NCC(C)(C)CCS(C)(=O)=O)N1CCC2(CCC2)C1.I. The lowest BCUT2D eigenvalue weighted by Crippen LogP contribution is -2.45. The molecule has 1 saturated carbocycles. The topological polar surface area (TPSA) is 61.8 Å². The summed E-state index contributed by atoms with van der Waals surface area (Å²) in [6, 6.07) is 0. The molecule has 7 heteroatoms. The molecule has 0 bridgehead atoms. The molecule has 5 nitrogen and oxygen atoms in total. The van der Waals surface area contributed by atoms with Crippen LogP contribution in [-0.2, 0) is 9.84 Å². The summed E-state index contributed by atoms with van der Waals surface area (Å²) in [7, 11) is -1.07. The highest BCUT2D eigenvalue weighted by molar-refractivity contribution is 14.0. The molecule has 2 rings (SSSR count). The molecule has 1 heterocycles. The van der Waals surface area contributed by atoms with Crippen molar-refractivity contribution in [2.75, 3.05) is 38.7 Å². The minimum absolute atomic E-state index is 0. The van der Waals surface area contributed by atoms with Crippen LogP contribution in [0.25, 0.3) is 0 Å². The van der Waals surface area contributed by atoms with Crippen molar-refractivity contribution in [1.82, 2.24) is 10.2 Å². The Morgan fingerprint density at radius 1 is 1.30 bits per heavy atom. The van der Waals surface area contributed by atoms with Crippen LogP contribution in [0.1, 0.15) is 46.0 Å². The van der Waals surface area contributed by atoms with Crippen LogP contribution in [0.5, 0.6) is 0 Å². The van der Waals surface area contributed by atoms with E-state index in [9.17, 15) is 8.42 Å². The Kier molecular flexibility index (Phi) is 7.20. The summed E-state index contributed by atoms with van der Waals surface area (Å²) in [5.41, 5.74) is 0.496. The number of guanidine groups is 1. The monoisotopic (exact) mass is 457 g/mol. The third-order valence-corrected chi connectivity index (χ3v) is 6.18. The first-order valence-electron chi connectivity index (χ1n) is 8.28. The molecule has 2 fully saturated rings. The first kappa shape index (κ1) is 21.0. The van der Waals surface area contributed by atoms with Gasteiger partial charge in [0.15, 0.2) is 5.96 Å². The summed E-state index contributed by atoms with van der Waals surface area (Å²) in [6.45, 7) is 7.17. The summed E-state index contributed by atoms with van der Waals surface area (Å²) >= 11 is 0. The first-order valence-corrected chi connectivity index (χ1v) is 10.3. The van der Waals surface area contributed by atoms with E-state index in [2.05, 4.69) is 29.1 Å². The van der Waals surface area contributed by atoms with Crippen LogP contribution in [0.4, 0.5) is 0 Å². The third kappa shape index (κ3) is 6.07. The minimum Gasteiger partial charge on any atom is -0.356 e. The Morgan fingerprint density at radius 2 is 1.96 bits per heavy atom. The van der Waals surface area contributed by atoms with Gasteiger partial charge in [-0.05, 0) is 36.5 Å². The fourth-order valence-corrected chi connectivity index (χ4v) is 4.32. The molecule has 1 N–H and O–H groups in total. The van der Waals surface area contributed by atoms with Gasteiger partial charge >= 0.3 is 0 Å². The number of rotatable bonds is 5. The van der Waals surface area contributed by atoms with E-state index in [0.29, 0.717) is 11.8 Å². The number of hydrogen-bond donors (Lipinski definition) is 1. The Balaban J connectivity index is 0.00000264. The van der Waals surface area contributed by atoms with Crippen LogP contribution < -0.4 is 5.32 Å². The number of nitrogens with zero attached hydrogens (tertiary/aromatic N) is 2. The highest BCUT2D eigenvalue weighted by Gasteiger charge is 2.43. The molecule has 1 aliphatic heterocycles. The molecule has 0 radical (unpaired) electrons. The molecule has 0 aromatic heterocycles. The van der Waals surface area contributed by atoms with Gasteiger partial charge in [0, 0.05) is 32.9 Å². The van der Waals surface area contributed by atoms with Gasteiger partial charge in [0.25, 0.3) is 0 Å². The third-order valence-electron chi connectivity index (χ3n) is 5.24. The van der Waals surface area contributed by atoms with Gasteiger partial charge in [-0.2, -0.15) is 0 Å². The van der Waals surface area contributed by atoms with Crippen LogP contribution in [0.2, 0.25) is 0 Å². The molecule has 2 aliphatic rings. The fraction of sp³-hybridized carbons (Fsp3) is 0.938. The zero-order valence-electron chi connectivity index (χ0n) is 14.9. The summed E-state index contributed by atoms with van der Waals surface area (Å²) in [6.07, 6.45) is 7.35. The summed E-state index contributed by atoms with van der Waals surface area (Å²) in [5.74, 6) is 1.21. The smallest absolute Gasteiger partial charge is 0.193 e. The number of halogens is 1. The van der Waals surface area contributed by atoms with Crippen LogP contribution in [-0.4, -0.2) is 58.0 Å². The Hall–Kier alpha value is -0.0500. The van der Waals surface area contributed by atoms with Crippen molar-refractivity contribution in [3.05, 3.63) is 0 Å². The molecular formula is C16H32IN3O2S. The number of likely N-dealkylation sites (tertiary alicyclic amines) is 1. The molecule has 0 aromatic rings. The lowest BCUT2D eigenvalue weighted by atomic mass is 9.68. The van der Waals surface area contributed by atoms with Crippen molar-refractivity contribution in [2.45, 2.75) is 46.0 Å². The first-order chi connectivity index (χ1) is 10.1. The second-order valence-electron chi connectivity index (χ2n) is 7.97. The van der Waals surface area contributed by atoms with E-state index in [0.717, 1.165) is 25.6 Å². The molecule has 0 atom stereocenters. The second-order valence-corrected chi connectivity index (χ2v) is 10.2. The fourth-order valence-electron chi connectivity index (χ4n) is 3.40. The van der Waals surface area contributed by atoms with Gasteiger partial charge < -0.3 is 10.2 Å². The van der Waals surface area contributed by atoms with Gasteiger partial charge in [0.2, 0.25) is 0 Å². The van der Waals surface area contributed by atoms with Gasteiger partial charge in [0.05, 0.1) is 5.75 Å². The Bertz CT molecular complexity index is 527. The molecule has 0 aromatic carbocycles. The number of aliphatic imine (C=N–C) groups is 1. The van der Waals surface area contributed by atoms with E-state index >= 15 is 0 Å². The molecule has 136 valence electrons. The zero-order valence-corrected chi connectivity index (χ0v) is 18.0. The number of hydrogen-bond acceptors (Lipinski definition) is 3. The summed E-state index contributed by atoms with van der Waals surface area (Å²) in [4.78, 5) is 6.79. The number of nitrogens with one attached hydrogen (secondary N) is 1. The average molecular weight is 457 g/mol. The van der Waals surface area contributed by atoms with Crippen molar-refractivity contribution >= 4 is 39.8 Å². The van der Waals surface area contributed by atoms with Crippen LogP contribution in [0, 0.1) is 10.8 Å². The van der Waals surface area contributed by atoms with E-state index < -0.39 is 9.84 Å². The standard InChI is InChI=1S/C16H31N3O2S.HI/c1-15(2,9-11-22(4,20)21)12-18-14(17-3)19-10-8-16(13-19)6-5-7-16;/h5-13H2,1-4H3,(H,17,18);1H. The van der Waals surface area contributed by atoms with Crippen molar-refractivity contribution in [1.29, 1.82) is 0 Å². The maximum absolute atomic E-state index is 11.3. The van der Waals surface area contributed by atoms with Crippen molar-refractivity contribution in [3.8, 4) is 0 Å². The molecule has 1 aliphatic carbocycles. The largest absolute Gasteiger partial charge is 0.356 e. The molecule has 23 heavy (non-hydrogen) atoms. The van der Waals surface area contributed by atoms with Gasteiger partial charge in [-0.1, -0.05) is 20.3 Å². The molecule has 0 unspecified atom stereocenters. The van der Waals surface area contributed by atoms with E-state index in [1.807, 2.05) is 7.05 Å². The average Bonchev–Trinajstić information content (AvgIpc) is 2.82. The van der Waals surface area contributed by atoms with Crippen molar-refractivity contribution in [2.24, 2.45) is 15.8 Å². The lowest BCUT2D eigenvalue weighted by molar-refractivity contribution is 0.151. The van der Waals surface area contributed by atoms with Crippen LogP contribution >= 0.6 is 24.0 Å². The molecule has 1 spiro atoms. The second kappa shape index (κ2) is 7.89. The minimum atomic E-state index is -2.90. The van der Waals surface area contributed by atoms with E-state index in [4.69, 9.17) is 0 Å². The molecular weight excluding hydrogens is 425 g/mol. The van der Waals surface area contributed by atoms with Gasteiger partial charge in [-0.15, -0.1) is 24.0 Å². The quantitative estimate of drug-likeness (QED) is 0.392. The van der Waals surface area contributed by atoms with E-state index in [-0.39, 0.29) is 35.1 Å². The maximum Gasteiger partial charge on any atom is 0.193 e. The predicted molar refractivity (Wildman–Crippen MR) is 107 cm³/mol. The Labute approximate surface area is 158 Å². The van der Waals surface area contributed by atoms with Gasteiger partial charge in [-0.3, -0.25) is 4.99 Å². The normalized spacial score (nSPS) is 21.0. The van der Waals surface area contributed by atoms with E-state index in [1.54, 1.807) is 0 Å². The van der Waals surface area contributed by atoms with Gasteiger partial charge in [-0.25, -0.2) is 8.42 Å². The van der Waals surface area contributed by atoms with E-state index in [1.165, 1.54) is 31.9 Å². The summed E-state index contributed by atoms with van der Waals surface area (Å²) in [5, 5.41) is 3.45. The Morgan fingerprint density at radius 3 is 2.39 bits per heavy atom. The maximum atomic E-state index is 11.3. The van der Waals surface area contributed by atoms with Gasteiger partial charge in [0.1, 0.15) is 9.84 Å². The number of sulfone groups is 1. The summed E-state index contributed by atoms with van der Waals surface area (Å²) < 4.78 is 22.7. The van der Waals surface area contributed by atoms with Crippen LogP contribution in [0.15, 0.2) is 4.99 Å². The van der Waals surface area contributed by atoms with Crippen molar-refractivity contribution < 1.29 is 8.42 Å². The highest BCUT2D eigenvalue weighted by Crippen LogP contribution is 2.47. The van der Waals surface area contributed by atoms with Crippen LogP contribution in [0.3, 0.4) is 0 Å². The molecule has 1 saturated heterocycles. The lowest BCUT2D eigenvalue weighted by Gasteiger charge is -2.38. The zero-order chi connectivity index (χ0) is 16.4.